The third kappa shape index (κ3) is 5.87. The second kappa shape index (κ2) is 8.82. The molecule has 1 fully saturated rings. The lowest BCUT2D eigenvalue weighted by Crippen LogP contribution is -2.45. The van der Waals surface area contributed by atoms with Crippen molar-refractivity contribution in [1.82, 2.24) is 9.80 Å². The predicted octanol–water partition coefficient (Wildman–Crippen LogP) is 1.69. The molecule has 1 amide bonds. The number of hydrogen-bond acceptors (Lipinski definition) is 4. The van der Waals surface area contributed by atoms with Gasteiger partial charge in [0.1, 0.15) is 0 Å². The van der Waals surface area contributed by atoms with Crippen molar-refractivity contribution < 1.29 is 14.3 Å². The quantitative estimate of drug-likeness (QED) is 0.530. The van der Waals surface area contributed by atoms with Crippen LogP contribution in [0.3, 0.4) is 0 Å². The first-order chi connectivity index (χ1) is 9.97. The molecule has 1 aliphatic rings. The van der Waals surface area contributed by atoms with Crippen LogP contribution in [0.2, 0.25) is 0 Å². The molecule has 0 spiro atoms. The summed E-state index contributed by atoms with van der Waals surface area (Å²) in [6.07, 6.45) is 1.41. The van der Waals surface area contributed by atoms with Crippen molar-refractivity contribution >= 4 is 11.9 Å². The molecule has 0 aromatic rings. The smallest absolute Gasteiger partial charge is 0.309 e. The molecule has 1 aliphatic heterocycles. The van der Waals surface area contributed by atoms with Gasteiger partial charge in [-0.15, -0.1) is 0 Å². The lowest BCUT2D eigenvalue weighted by molar-refractivity contribution is -0.151. The number of piperidine rings is 1. The van der Waals surface area contributed by atoms with E-state index in [0.717, 1.165) is 18.7 Å². The third-order valence-electron chi connectivity index (χ3n) is 3.77. The third-order valence-corrected chi connectivity index (χ3v) is 3.77. The minimum absolute atomic E-state index is 0.0494. The monoisotopic (exact) mass is 296 g/mol. The number of carbonyl (C=O) groups excluding carboxylic acids is 2. The fourth-order valence-corrected chi connectivity index (χ4v) is 2.58. The summed E-state index contributed by atoms with van der Waals surface area (Å²) < 4.78 is 5.04. The summed E-state index contributed by atoms with van der Waals surface area (Å²) in [6, 6.07) is 0. The first-order valence-electron chi connectivity index (χ1n) is 7.79. The van der Waals surface area contributed by atoms with E-state index in [4.69, 9.17) is 4.74 Å². The summed E-state index contributed by atoms with van der Waals surface area (Å²) in [5.74, 6) is -0.0332. The highest BCUT2D eigenvalue weighted by atomic mass is 16.5. The molecular weight excluding hydrogens is 268 g/mol. The van der Waals surface area contributed by atoms with Gasteiger partial charge in [-0.1, -0.05) is 19.1 Å². The molecule has 21 heavy (non-hydrogen) atoms. The van der Waals surface area contributed by atoms with Gasteiger partial charge in [-0.3, -0.25) is 14.5 Å². The molecule has 5 nitrogen and oxygen atoms in total. The molecule has 1 heterocycles. The number of amides is 1. The molecular formula is C16H28N2O3. The zero-order valence-electron chi connectivity index (χ0n) is 13.6. The number of esters is 1. The minimum atomic E-state index is -0.123. The molecule has 0 aromatic heterocycles. The van der Waals surface area contributed by atoms with E-state index in [1.165, 1.54) is 0 Å². The highest BCUT2D eigenvalue weighted by Crippen LogP contribution is 2.19. The zero-order valence-corrected chi connectivity index (χ0v) is 13.6. The van der Waals surface area contributed by atoms with Gasteiger partial charge in [-0.2, -0.15) is 0 Å². The van der Waals surface area contributed by atoms with Crippen molar-refractivity contribution in [2.24, 2.45) is 5.92 Å². The Morgan fingerprint density at radius 1 is 1.24 bits per heavy atom. The largest absolute Gasteiger partial charge is 0.466 e. The van der Waals surface area contributed by atoms with E-state index in [2.05, 4.69) is 11.5 Å². The van der Waals surface area contributed by atoms with Crippen LogP contribution in [0.1, 0.15) is 33.6 Å². The summed E-state index contributed by atoms with van der Waals surface area (Å²) in [5, 5.41) is 0. The Morgan fingerprint density at radius 3 is 2.33 bits per heavy atom. The van der Waals surface area contributed by atoms with Crippen LogP contribution in [0.5, 0.6) is 0 Å². The van der Waals surface area contributed by atoms with Gasteiger partial charge in [0, 0.05) is 19.6 Å². The van der Waals surface area contributed by atoms with Crippen LogP contribution in [0.15, 0.2) is 12.2 Å². The van der Waals surface area contributed by atoms with Crippen LogP contribution in [-0.2, 0) is 14.3 Å². The number of carbonyl (C=O) groups is 2. The minimum Gasteiger partial charge on any atom is -0.466 e. The average molecular weight is 296 g/mol. The van der Waals surface area contributed by atoms with Crippen LogP contribution < -0.4 is 0 Å². The molecule has 5 heteroatoms. The molecule has 120 valence electrons. The van der Waals surface area contributed by atoms with Crippen LogP contribution in [0, 0.1) is 5.92 Å². The molecule has 0 aromatic carbocycles. The van der Waals surface area contributed by atoms with Crippen LogP contribution in [0.25, 0.3) is 0 Å². The number of likely N-dealkylation sites (tertiary alicyclic amines) is 1. The Morgan fingerprint density at radius 2 is 1.86 bits per heavy atom. The molecule has 0 N–H and O–H groups in total. The van der Waals surface area contributed by atoms with Crippen molar-refractivity contribution in [2.45, 2.75) is 33.6 Å². The Bertz CT molecular complexity index is 374. The Labute approximate surface area is 127 Å². The van der Waals surface area contributed by atoms with Crippen molar-refractivity contribution in [1.29, 1.82) is 0 Å². The molecule has 0 saturated carbocycles. The molecule has 1 saturated heterocycles. The maximum atomic E-state index is 12.3. The first-order valence-corrected chi connectivity index (χ1v) is 7.79. The van der Waals surface area contributed by atoms with Crippen molar-refractivity contribution in [2.75, 3.05) is 39.3 Å². The summed E-state index contributed by atoms with van der Waals surface area (Å²) in [7, 11) is 0. The Hall–Kier alpha value is -1.36. The summed E-state index contributed by atoms with van der Waals surface area (Å²) >= 11 is 0. The fourth-order valence-electron chi connectivity index (χ4n) is 2.58. The normalized spacial score (nSPS) is 16.1. The topological polar surface area (TPSA) is 49.9 Å². The second-order valence-electron chi connectivity index (χ2n) is 5.67. The maximum absolute atomic E-state index is 12.3. The zero-order chi connectivity index (χ0) is 15.8. The van der Waals surface area contributed by atoms with Gasteiger partial charge in [-0.05, 0) is 33.2 Å². The SMILES string of the molecule is C=C(C)CN(CC)CC(=O)N1CCC(C(=O)OCC)CC1. The summed E-state index contributed by atoms with van der Waals surface area (Å²) in [6.45, 7) is 13.4. The van der Waals surface area contributed by atoms with E-state index in [1.54, 1.807) is 0 Å². The van der Waals surface area contributed by atoms with E-state index in [1.807, 2.05) is 25.7 Å². The van der Waals surface area contributed by atoms with E-state index in [9.17, 15) is 9.59 Å². The first kappa shape index (κ1) is 17.7. The fraction of sp³-hybridized carbons (Fsp3) is 0.750. The van der Waals surface area contributed by atoms with Crippen LogP contribution in [-0.4, -0.2) is 61.0 Å². The molecule has 0 unspecified atom stereocenters. The van der Waals surface area contributed by atoms with Crippen molar-refractivity contribution in [3.05, 3.63) is 12.2 Å². The van der Waals surface area contributed by atoms with Crippen LogP contribution >= 0.6 is 0 Å². The second-order valence-corrected chi connectivity index (χ2v) is 5.67. The van der Waals surface area contributed by atoms with E-state index in [0.29, 0.717) is 39.1 Å². The molecule has 0 atom stereocenters. The van der Waals surface area contributed by atoms with Gasteiger partial charge in [-0.25, -0.2) is 0 Å². The number of likely N-dealkylation sites (N-methyl/N-ethyl adjacent to an activating group) is 1. The number of hydrogen-bond donors (Lipinski definition) is 0. The predicted molar refractivity (Wildman–Crippen MR) is 82.9 cm³/mol. The Kier molecular flexibility index (Phi) is 7.43. The highest BCUT2D eigenvalue weighted by molar-refractivity contribution is 5.79. The van der Waals surface area contributed by atoms with Gasteiger partial charge in [0.15, 0.2) is 0 Å². The van der Waals surface area contributed by atoms with Gasteiger partial charge >= 0.3 is 5.97 Å². The number of rotatable bonds is 7. The van der Waals surface area contributed by atoms with Gasteiger partial charge < -0.3 is 9.64 Å². The van der Waals surface area contributed by atoms with Gasteiger partial charge in [0.25, 0.3) is 0 Å². The van der Waals surface area contributed by atoms with E-state index >= 15 is 0 Å². The van der Waals surface area contributed by atoms with Crippen molar-refractivity contribution in [3.8, 4) is 0 Å². The van der Waals surface area contributed by atoms with Crippen LogP contribution in [0.4, 0.5) is 0 Å². The van der Waals surface area contributed by atoms with Crippen molar-refractivity contribution in [3.63, 3.8) is 0 Å². The molecule has 0 bridgehead atoms. The summed E-state index contributed by atoms with van der Waals surface area (Å²) in [5.41, 5.74) is 1.06. The lowest BCUT2D eigenvalue weighted by Gasteiger charge is -2.32. The molecule has 0 radical (unpaired) electrons. The number of nitrogens with zero attached hydrogens (tertiary/aromatic N) is 2. The molecule has 0 aliphatic carbocycles. The maximum Gasteiger partial charge on any atom is 0.309 e. The molecule has 1 rings (SSSR count). The number of ether oxygens (including phenoxy) is 1. The van der Waals surface area contributed by atoms with E-state index in [-0.39, 0.29) is 17.8 Å². The summed E-state index contributed by atoms with van der Waals surface area (Å²) in [4.78, 5) is 27.9. The van der Waals surface area contributed by atoms with Gasteiger partial charge in [0.2, 0.25) is 5.91 Å². The van der Waals surface area contributed by atoms with E-state index < -0.39 is 0 Å². The highest BCUT2D eigenvalue weighted by Gasteiger charge is 2.28. The van der Waals surface area contributed by atoms with Gasteiger partial charge in [0.05, 0.1) is 19.1 Å². The standard InChI is InChI=1S/C16H28N2O3/c1-5-17(11-13(3)4)12-15(19)18-9-7-14(8-10-18)16(20)21-6-2/h14H,3,5-12H2,1-2,4H3. The Balaban J connectivity index is 2.40. The average Bonchev–Trinajstić information content (AvgIpc) is 2.46. The lowest BCUT2D eigenvalue weighted by atomic mass is 9.97.